The molecule has 2 rings (SSSR count). The molecule has 2 aromatic rings. The summed E-state index contributed by atoms with van der Waals surface area (Å²) in [7, 11) is 0. The van der Waals surface area contributed by atoms with Crippen LogP contribution in [0.2, 0.25) is 0 Å². The minimum Gasteiger partial charge on any atom is -0.459 e. The van der Waals surface area contributed by atoms with Gasteiger partial charge in [0.1, 0.15) is 6.61 Å². The van der Waals surface area contributed by atoms with Gasteiger partial charge in [-0.1, -0.05) is 43.7 Å². The molecule has 0 atom stereocenters. The minimum absolute atomic E-state index is 0.220. The zero-order valence-corrected chi connectivity index (χ0v) is 12.4. The molecule has 0 saturated heterocycles. The van der Waals surface area contributed by atoms with Gasteiger partial charge in [0.25, 0.3) is 0 Å². The van der Waals surface area contributed by atoms with E-state index in [2.05, 4.69) is 24.0 Å². The quantitative estimate of drug-likeness (QED) is 0.727. The molecule has 1 aromatic heterocycles. The number of aryl methyl sites for hydroxylation is 1. The summed E-state index contributed by atoms with van der Waals surface area (Å²) in [4.78, 5) is 15.9. The van der Waals surface area contributed by atoms with Gasteiger partial charge >= 0.3 is 5.97 Å². The van der Waals surface area contributed by atoms with Crippen LogP contribution < -0.4 is 0 Å². The average molecular weight is 283 g/mol. The molecule has 0 fully saturated rings. The summed E-state index contributed by atoms with van der Waals surface area (Å²) in [5.74, 6) is -0.220. The van der Waals surface area contributed by atoms with Gasteiger partial charge in [0.15, 0.2) is 0 Å². The second kappa shape index (κ2) is 8.20. The third-order valence-electron chi connectivity index (χ3n) is 3.30. The molecule has 0 amide bonds. The highest BCUT2D eigenvalue weighted by molar-refractivity contribution is 5.72. The first-order valence-electron chi connectivity index (χ1n) is 7.41. The van der Waals surface area contributed by atoms with E-state index in [1.54, 1.807) is 6.20 Å². The molecule has 0 aliphatic rings. The van der Waals surface area contributed by atoms with Gasteiger partial charge in [-0.15, -0.1) is 0 Å². The van der Waals surface area contributed by atoms with Gasteiger partial charge in [-0.05, 0) is 36.1 Å². The van der Waals surface area contributed by atoms with Crippen LogP contribution in [0, 0.1) is 0 Å². The van der Waals surface area contributed by atoms with Crippen molar-refractivity contribution in [3.63, 3.8) is 0 Å². The van der Waals surface area contributed by atoms with Gasteiger partial charge in [-0.3, -0.25) is 9.78 Å². The molecular weight excluding hydrogens is 262 g/mol. The minimum atomic E-state index is -0.220. The number of ether oxygens (including phenoxy) is 1. The first-order valence-corrected chi connectivity index (χ1v) is 7.41. The Hall–Kier alpha value is -2.16. The molecule has 0 bridgehead atoms. The van der Waals surface area contributed by atoms with Crippen LogP contribution in [-0.4, -0.2) is 11.0 Å². The summed E-state index contributed by atoms with van der Waals surface area (Å²) in [6.45, 7) is 2.42. The Morgan fingerprint density at radius 3 is 2.52 bits per heavy atom. The standard InChI is InChI=1S/C18H21NO2/c1-2-3-6-15-8-10-16(11-9-15)13-18(20)21-14-17-7-4-5-12-19-17/h4-5,7-12H,2-3,6,13-14H2,1H3. The molecule has 0 aliphatic heterocycles. The van der Waals surface area contributed by atoms with E-state index < -0.39 is 0 Å². The number of benzene rings is 1. The van der Waals surface area contributed by atoms with Crippen LogP contribution in [0.4, 0.5) is 0 Å². The molecule has 0 aliphatic carbocycles. The summed E-state index contributed by atoms with van der Waals surface area (Å²) in [5, 5.41) is 0. The summed E-state index contributed by atoms with van der Waals surface area (Å²) >= 11 is 0. The van der Waals surface area contributed by atoms with Crippen LogP contribution in [0.25, 0.3) is 0 Å². The molecule has 0 saturated carbocycles. The normalized spacial score (nSPS) is 10.3. The Kier molecular flexibility index (Phi) is 5.95. The van der Waals surface area contributed by atoms with E-state index in [0.29, 0.717) is 6.42 Å². The fourth-order valence-electron chi connectivity index (χ4n) is 2.06. The number of aromatic nitrogens is 1. The van der Waals surface area contributed by atoms with Crippen molar-refractivity contribution in [1.82, 2.24) is 4.98 Å². The van der Waals surface area contributed by atoms with E-state index in [-0.39, 0.29) is 12.6 Å². The van der Waals surface area contributed by atoms with E-state index in [1.165, 1.54) is 18.4 Å². The van der Waals surface area contributed by atoms with Gasteiger partial charge < -0.3 is 4.74 Å². The third kappa shape index (κ3) is 5.38. The maximum Gasteiger partial charge on any atom is 0.310 e. The maximum atomic E-state index is 11.8. The number of unbranched alkanes of at least 4 members (excludes halogenated alkanes) is 1. The Labute approximate surface area is 126 Å². The molecule has 0 N–H and O–H groups in total. The fraction of sp³-hybridized carbons (Fsp3) is 0.333. The molecule has 1 aromatic carbocycles. The molecule has 1 heterocycles. The van der Waals surface area contributed by atoms with E-state index in [0.717, 1.165) is 17.7 Å². The summed E-state index contributed by atoms with van der Waals surface area (Å²) in [6, 6.07) is 13.8. The highest BCUT2D eigenvalue weighted by atomic mass is 16.5. The summed E-state index contributed by atoms with van der Waals surface area (Å²) in [6.07, 6.45) is 5.49. The van der Waals surface area contributed by atoms with Crippen LogP contribution in [0.3, 0.4) is 0 Å². The van der Waals surface area contributed by atoms with Crippen LogP contribution in [0.5, 0.6) is 0 Å². The van der Waals surface area contributed by atoms with Gasteiger partial charge in [0.05, 0.1) is 12.1 Å². The lowest BCUT2D eigenvalue weighted by molar-refractivity contribution is -0.144. The molecule has 3 nitrogen and oxygen atoms in total. The Morgan fingerprint density at radius 1 is 1.10 bits per heavy atom. The number of carbonyl (C=O) groups is 1. The number of nitrogens with zero attached hydrogens (tertiary/aromatic N) is 1. The van der Waals surface area contributed by atoms with Crippen molar-refractivity contribution in [2.24, 2.45) is 0 Å². The number of hydrogen-bond donors (Lipinski definition) is 0. The second-order valence-electron chi connectivity index (χ2n) is 5.08. The van der Waals surface area contributed by atoms with Crippen molar-refractivity contribution in [1.29, 1.82) is 0 Å². The van der Waals surface area contributed by atoms with Crippen molar-refractivity contribution < 1.29 is 9.53 Å². The van der Waals surface area contributed by atoms with E-state index in [9.17, 15) is 4.79 Å². The lowest BCUT2D eigenvalue weighted by Crippen LogP contribution is -2.08. The van der Waals surface area contributed by atoms with Gasteiger partial charge in [0.2, 0.25) is 0 Å². The molecule has 110 valence electrons. The molecule has 21 heavy (non-hydrogen) atoms. The van der Waals surface area contributed by atoms with Crippen LogP contribution in [0.15, 0.2) is 48.7 Å². The zero-order valence-electron chi connectivity index (χ0n) is 12.4. The average Bonchev–Trinajstić information content (AvgIpc) is 2.53. The monoisotopic (exact) mass is 283 g/mol. The highest BCUT2D eigenvalue weighted by Gasteiger charge is 2.05. The van der Waals surface area contributed by atoms with Gasteiger partial charge in [0, 0.05) is 6.20 Å². The molecular formula is C18H21NO2. The molecule has 3 heteroatoms. The predicted molar refractivity (Wildman–Crippen MR) is 82.8 cm³/mol. The molecule has 0 spiro atoms. The van der Waals surface area contributed by atoms with Crippen LogP contribution >= 0.6 is 0 Å². The SMILES string of the molecule is CCCCc1ccc(CC(=O)OCc2ccccn2)cc1. The van der Waals surface area contributed by atoms with E-state index >= 15 is 0 Å². The Balaban J connectivity index is 1.79. The fourth-order valence-corrected chi connectivity index (χ4v) is 2.06. The number of rotatable bonds is 7. The molecule has 0 unspecified atom stereocenters. The van der Waals surface area contributed by atoms with Crippen molar-refractivity contribution in [3.8, 4) is 0 Å². The largest absolute Gasteiger partial charge is 0.459 e. The van der Waals surface area contributed by atoms with Crippen LogP contribution in [-0.2, 0) is 29.0 Å². The van der Waals surface area contributed by atoms with E-state index in [1.807, 2.05) is 30.3 Å². The topological polar surface area (TPSA) is 39.2 Å². The summed E-state index contributed by atoms with van der Waals surface area (Å²) in [5.41, 5.74) is 3.07. The lowest BCUT2D eigenvalue weighted by atomic mass is 10.1. The number of pyridine rings is 1. The number of hydrogen-bond acceptors (Lipinski definition) is 3. The second-order valence-corrected chi connectivity index (χ2v) is 5.08. The first-order chi connectivity index (χ1) is 10.3. The Bertz CT molecular complexity index is 549. The highest BCUT2D eigenvalue weighted by Crippen LogP contribution is 2.09. The first kappa shape index (κ1) is 15.2. The van der Waals surface area contributed by atoms with Crippen molar-refractivity contribution in [3.05, 3.63) is 65.5 Å². The van der Waals surface area contributed by atoms with Crippen molar-refractivity contribution >= 4 is 5.97 Å². The number of esters is 1. The van der Waals surface area contributed by atoms with E-state index in [4.69, 9.17) is 4.74 Å². The van der Waals surface area contributed by atoms with Gasteiger partial charge in [-0.25, -0.2) is 0 Å². The molecule has 0 radical (unpaired) electrons. The van der Waals surface area contributed by atoms with Crippen molar-refractivity contribution in [2.45, 2.75) is 39.2 Å². The smallest absolute Gasteiger partial charge is 0.310 e. The lowest BCUT2D eigenvalue weighted by Gasteiger charge is -2.05. The predicted octanol–water partition coefficient (Wildman–Crippen LogP) is 3.71. The zero-order chi connectivity index (χ0) is 14.9. The van der Waals surface area contributed by atoms with Crippen LogP contribution in [0.1, 0.15) is 36.6 Å². The summed E-state index contributed by atoms with van der Waals surface area (Å²) < 4.78 is 5.23. The van der Waals surface area contributed by atoms with Crippen molar-refractivity contribution in [2.75, 3.05) is 0 Å². The maximum absolute atomic E-state index is 11.8. The third-order valence-corrected chi connectivity index (χ3v) is 3.30. The Morgan fingerprint density at radius 2 is 1.86 bits per heavy atom. The number of carbonyl (C=O) groups excluding carboxylic acids is 1. The van der Waals surface area contributed by atoms with Gasteiger partial charge in [-0.2, -0.15) is 0 Å².